The summed E-state index contributed by atoms with van der Waals surface area (Å²) in [7, 11) is 0. The molecule has 1 aliphatic carbocycles. The Morgan fingerprint density at radius 3 is 2.36 bits per heavy atom. The highest BCUT2D eigenvalue weighted by molar-refractivity contribution is 7.90. The van der Waals surface area contributed by atoms with Gasteiger partial charge in [0.25, 0.3) is 0 Å². The maximum atomic E-state index is 13.2. The van der Waals surface area contributed by atoms with Crippen LogP contribution in [0, 0.1) is 17.2 Å². The molecule has 0 aromatic heterocycles. The van der Waals surface area contributed by atoms with Gasteiger partial charge in [0.2, 0.25) is 0 Å². The van der Waals surface area contributed by atoms with Crippen molar-refractivity contribution >= 4 is 17.0 Å². The van der Waals surface area contributed by atoms with Crippen molar-refractivity contribution in [2.75, 3.05) is 5.73 Å². The topological polar surface area (TPSA) is 84.9 Å². The summed E-state index contributed by atoms with van der Waals surface area (Å²) in [4.78, 5) is 0. The molecular formula is C23H29N3OS. The van der Waals surface area contributed by atoms with Crippen LogP contribution in [0.25, 0.3) is 0 Å². The highest BCUT2D eigenvalue weighted by Gasteiger charge is 2.43. The molecule has 0 heterocycles. The van der Waals surface area contributed by atoms with E-state index in [1.54, 1.807) is 0 Å². The number of rotatable bonds is 7. The summed E-state index contributed by atoms with van der Waals surface area (Å²) >= 11 is -1.27. The molecule has 4 nitrogen and oxygen atoms in total. The molecule has 1 aliphatic rings. The van der Waals surface area contributed by atoms with E-state index in [1.165, 1.54) is 12.8 Å². The third-order valence-corrected chi connectivity index (χ3v) is 6.98. The lowest BCUT2D eigenvalue weighted by molar-refractivity contribution is 0.402. The Hall–Kier alpha value is -2.00. The monoisotopic (exact) mass is 395 g/mol. The Morgan fingerprint density at radius 1 is 1.14 bits per heavy atom. The molecule has 1 fully saturated rings. The molecule has 28 heavy (non-hydrogen) atoms. The van der Waals surface area contributed by atoms with Crippen molar-refractivity contribution in [3.05, 3.63) is 65.2 Å². The zero-order valence-electron chi connectivity index (χ0n) is 16.9. The van der Waals surface area contributed by atoms with Crippen LogP contribution in [0.2, 0.25) is 0 Å². The first-order chi connectivity index (χ1) is 13.2. The first-order valence-electron chi connectivity index (χ1n) is 9.81. The highest BCUT2D eigenvalue weighted by atomic mass is 32.2. The smallest absolute Gasteiger partial charge is 0.136 e. The van der Waals surface area contributed by atoms with Gasteiger partial charge in [0, 0.05) is 17.0 Å². The van der Waals surface area contributed by atoms with E-state index in [4.69, 9.17) is 5.73 Å². The molecule has 0 aliphatic heterocycles. The molecule has 1 unspecified atom stereocenters. The lowest BCUT2D eigenvalue weighted by Gasteiger charge is -2.39. The molecule has 3 rings (SSSR count). The summed E-state index contributed by atoms with van der Waals surface area (Å²) in [6, 6.07) is 17.6. The Labute approximate surface area is 171 Å². The SMILES string of the molecule is CC(C)(C)[S+]([O-])N[C@](CCC1CC1)(c1ccc(C#N)cc1)c1cccc(N)c1. The third kappa shape index (κ3) is 4.70. The summed E-state index contributed by atoms with van der Waals surface area (Å²) in [5.74, 6) is 0.740. The minimum Gasteiger partial charge on any atom is -0.598 e. The van der Waals surface area contributed by atoms with E-state index < -0.39 is 21.6 Å². The number of hydrogen-bond donors (Lipinski definition) is 2. The predicted molar refractivity (Wildman–Crippen MR) is 116 cm³/mol. The van der Waals surface area contributed by atoms with E-state index in [2.05, 4.69) is 10.8 Å². The van der Waals surface area contributed by atoms with Gasteiger partial charge >= 0.3 is 0 Å². The van der Waals surface area contributed by atoms with Gasteiger partial charge in [-0.05, 0) is 74.9 Å². The fourth-order valence-electron chi connectivity index (χ4n) is 3.40. The van der Waals surface area contributed by atoms with E-state index >= 15 is 0 Å². The van der Waals surface area contributed by atoms with Crippen molar-refractivity contribution < 1.29 is 4.55 Å². The van der Waals surface area contributed by atoms with Gasteiger partial charge in [-0.2, -0.15) is 5.26 Å². The first-order valence-corrected chi connectivity index (χ1v) is 11.0. The van der Waals surface area contributed by atoms with Crippen LogP contribution in [0.15, 0.2) is 48.5 Å². The number of nitrogens with zero attached hydrogens (tertiary/aromatic N) is 1. The Kier molecular flexibility index (Phi) is 6.04. The van der Waals surface area contributed by atoms with Crippen molar-refractivity contribution in [2.24, 2.45) is 5.92 Å². The third-order valence-electron chi connectivity index (χ3n) is 5.33. The molecule has 1 saturated carbocycles. The molecular weight excluding hydrogens is 366 g/mol. The molecule has 3 N–H and O–H groups in total. The van der Waals surface area contributed by atoms with E-state index in [-0.39, 0.29) is 0 Å². The van der Waals surface area contributed by atoms with Crippen LogP contribution in [-0.4, -0.2) is 9.30 Å². The normalized spacial score (nSPS) is 17.5. The standard InChI is InChI=1S/C23H29N3OS/c1-22(2,3)28(27)26-23(14-13-17-7-8-17,20-5-4-6-21(25)15-20)19-11-9-18(16-24)10-12-19/h4-6,9-12,15,17,26H,7-8,13-14,25H2,1-3H3/t23-,28?/m1/s1. The second-order valence-electron chi connectivity index (χ2n) is 8.69. The van der Waals surface area contributed by atoms with Gasteiger partial charge in [0.15, 0.2) is 0 Å². The van der Waals surface area contributed by atoms with Crippen molar-refractivity contribution in [1.29, 1.82) is 5.26 Å². The fraction of sp³-hybridized carbons (Fsp3) is 0.435. The second-order valence-corrected chi connectivity index (χ2v) is 10.7. The molecule has 0 amide bonds. The molecule has 2 atom stereocenters. The summed E-state index contributed by atoms with van der Waals surface area (Å²) in [5, 5.41) is 9.19. The minimum absolute atomic E-state index is 0.405. The van der Waals surface area contributed by atoms with Crippen LogP contribution in [0.5, 0.6) is 0 Å². The second kappa shape index (κ2) is 8.16. The van der Waals surface area contributed by atoms with Crippen LogP contribution in [-0.2, 0) is 16.9 Å². The molecule has 2 aromatic rings. The van der Waals surface area contributed by atoms with Gasteiger partial charge < -0.3 is 10.3 Å². The average Bonchev–Trinajstić information content (AvgIpc) is 3.49. The largest absolute Gasteiger partial charge is 0.598 e. The number of hydrogen-bond acceptors (Lipinski definition) is 4. The molecule has 0 saturated heterocycles. The molecule has 5 heteroatoms. The highest BCUT2D eigenvalue weighted by Crippen LogP contribution is 2.42. The number of nitriles is 1. The molecule has 0 spiro atoms. The number of nitrogens with two attached hydrogens (primary N) is 1. The van der Waals surface area contributed by atoms with Crippen LogP contribution < -0.4 is 10.5 Å². The van der Waals surface area contributed by atoms with Crippen molar-refractivity contribution in [3.63, 3.8) is 0 Å². The van der Waals surface area contributed by atoms with Gasteiger partial charge in [-0.3, -0.25) is 0 Å². The molecule has 0 radical (unpaired) electrons. The molecule has 0 bridgehead atoms. The average molecular weight is 396 g/mol. The number of anilines is 1. The van der Waals surface area contributed by atoms with Crippen LogP contribution in [0.1, 0.15) is 63.1 Å². The van der Waals surface area contributed by atoms with Crippen LogP contribution in [0.4, 0.5) is 5.69 Å². The zero-order chi connectivity index (χ0) is 20.4. The zero-order valence-corrected chi connectivity index (χ0v) is 17.7. The van der Waals surface area contributed by atoms with Gasteiger partial charge in [-0.15, -0.1) is 4.72 Å². The lowest BCUT2D eigenvalue weighted by atomic mass is 9.79. The van der Waals surface area contributed by atoms with Crippen LogP contribution >= 0.6 is 0 Å². The Morgan fingerprint density at radius 2 is 1.82 bits per heavy atom. The van der Waals surface area contributed by atoms with E-state index in [0.717, 1.165) is 29.9 Å². The van der Waals surface area contributed by atoms with Gasteiger partial charge in [0.05, 0.1) is 11.6 Å². The quantitative estimate of drug-likeness (QED) is 0.529. The number of nitrogens with one attached hydrogen (secondary N) is 1. The predicted octanol–water partition coefficient (Wildman–Crippen LogP) is 4.63. The summed E-state index contributed by atoms with van der Waals surface area (Å²) < 4.78 is 16.3. The lowest BCUT2D eigenvalue weighted by Crippen LogP contribution is -2.52. The van der Waals surface area contributed by atoms with E-state index in [0.29, 0.717) is 11.3 Å². The number of nitrogen functional groups attached to an aromatic ring is 1. The first kappa shape index (κ1) is 20.7. The van der Waals surface area contributed by atoms with E-state index in [1.807, 2.05) is 69.3 Å². The minimum atomic E-state index is -1.27. The van der Waals surface area contributed by atoms with Gasteiger partial charge in [0.1, 0.15) is 10.3 Å². The Balaban J connectivity index is 2.12. The Bertz CT molecular complexity index is 849. The van der Waals surface area contributed by atoms with Crippen molar-refractivity contribution in [2.45, 2.75) is 56.7 Å². The van der Waals surface area contributed by atoms with Gasteiger partial charge in [-0.1, -0.05) is 37.1 Å². The van der Waals surface area contributed by atoms with Gasteiger partial charge in [-0.25, -0.2) is 0 Å². The maximum absolute atomic E-state index is 13.2. The summed E-state index contributed by atoms with van der Waals surface area (Å²) in [6.45, 7) is 5.92. The van der Waals surface area contributed by atoms with Crippen molar-refractivity contribution in [1.82, 2.24) is 4.72 Å². The maximum Gasteiger partial charge on any atom is 0.136 e. The fourth-order valence-corrected chi connectivity index (χ4v) is 4.36. The summed E-state index contributed by atoms with van der Waals surface area (Å²) in [6.07, 6.45) is 4.42. The van der Waals surface area contributed by atoms with Crippen LogP contribution in [0.3, 0.4) is 0 Å². The molecule has 148 valence electrons. The molecule has 2 aromatic carbocycles. The summed E-state index contributed by atoms with van der Waals surface area (Å²) in [5.41, 5.74) is 8.82. The van der Waals surface area contributed by atoms with Crippen molar-refractivity contribution in [3.8, 4) is 6.07 Å². The number of benzene rings is 2. The van der Waals surface area contributed by atoms with E-state index in [9.17, 15) is 9.81 Å².